The summed E-state index contributed by atoms with van der Waals surface area (Å²) in [5.74, 6) is -0.975. The first-order valence-corrected chi connectivity index (χ1v) is 19.1. The summed E-state index contributed by atoms with van der Waals surface area (Å²) >= 11 is 6.63. The number of hydrogen-bond acceptors (Lipinski definition) is 6. The molecule has 0 bridgehead atoms. The van der Waals surface area contributed by atoms with Crippen LogP contribution in [0.4, 0.5) is 5.69 Å². The van der Waals surface area contributed by atoms with E-state index < -0.39 is 17.7 Å². The lowest BCUT2D eigenvalue weighted by Crippen LogP contribution is -2.39. The first-order valence-electron chi connectivity index (χ1n) is 18.7. The largest absolute Gasteiger partial charge is 0.479 e. The summed E-state index contributed by atoms with van der Waals surface area (Å²) in [6.07, 6.45) is 5.56. The Labute approximate surface area is 305 Å². The van der Waals surface area contributed by atoms with E-state index in [1.165, 1.54) is 41.5 Å². The van der Waals surface area contributed by atoms with E-state index in [0.29, 0.717) is 5.56 Å². The summed E-state index contributed by atoms with van der Waals surface area (Å²) in [6.45, 7) is 21.9. The van der Waals surface area contributed by atoms with Crippen molar-refractivity contribution in [1.29, 1.82) is 0 Å². The molecule has 50 heavy (non-hydrogen) atoms. The molecule has 0 radical (unpaired) electrons. The van der Waals surface area contributed by atoms with Crippen molar-refractivity contribution in [2.75, 3.05) is 37.6 Å². The predicted octanol–water partition coefficient (Wildman–Crippen LogP) is 9.13. The number of anilines is 1. The highest BCUT2D eigenvalue weighted by molar-refractivity contribution is 6.31. The van der Waals surface area contributed by atoms with Crippen LogP contribution in [-0.2, 0) is 35.6 Å². The SMILES string of the molecule is Cc1cccc(Cl)c1CN1CCc2cc(-c3c(CN4CCCCC4)nc(C)c([C@H](OC(C)(C)C)C(=O)O)c3N3CCC(C)(C)CC3)ccc2C1. The summed E-state index contributed by atoms with van der Waals surface area (Å²) in [5, 5.41) is 11.6. The number of hydrogen-bond donors (Lipinski definition) is 1. The molecule has 0 unspecified atom stereocenters. The first kappa shape index (κ1) is 36.8. The Morgan fingerprint density at radius 3 is 2.34 bits per heavy atom. The van der Waals surface area contributed by atoms with Crippen LogP contribution in [-0.4, -0.2) is 64.2 Å². The Hall–Kier alpha value is -2.97. The van der Waals surface area contributed by atoms with Crippen molar-refractivity contribution in [2.45, 2.75) is 118 Å². The molecule has 3 aromatic rings. The average Bonchev–Trinajstić information content (AvgIpc) is 3.05. The Morgan fingerprint density at radius 1 is 0.960 bits per heavy atom. The zero-order valence-corrected chi connectivity index (χ0v) is 32.1. The van der Waals surface area contributed by atoms with Gasteiger partial charge in [-0.05, 0) is 119 Å². The monoisotopic (exact) mass is 700 g/mol. The second-order valence-electron chi connectivity index (χ2n) is 16.7. The van der Waals surface area contributed by atoms with Gasteiger partial charge in [-0.25, -0.2) is 4.79 Å². The minimum Gasteiger partial charge on any atom is -0.479 e. The van der Waals surface area contributed by atoms with Gasteiger partial charge in [0.05, 0.1) is 17.0 Å². The molecular formula is C42H57ClN4O3. The number of nitrogens with zero attached hydrogens (tertiary/aromatic N) is 4. The molecule has 4 heterocycles. The van der Waals surface area contributed by atoms with Gasteiger partial charge >= 0.3 is 5.97 Å². The normalized spacial score (nSPS) is 19.3. The van der Waals surface area contributed by atoms with Crippen LogP contribution in [0.5, 0.6) is 0 Å². The number of carboxylic acids is 1. The molecular weight excluding hydrogens is 644 g/mol. The summed E-state index contributed by atoms with van der Waals surface area (Å²) in [7, 11) is 0. The number of aliphatic carboxylic acids is 1. The van der Waals surface area contributed by atoms with Gasteiger partial charge in [0.1, 0.15) is 0 Å². The summed E-state index contributed by atoms with van der Waals surface area (Å²) < 4.78 is 6.40. The Morgan fingerprint density at radius 2 is 1.68 bits per heavy atom. The third-order valence-corrected chi connectivity index (χ3v) is 11.4. The number of carboxylic acid groups (broad SMARTS) is 1. The van der Waals surface area contributed by atoms with E-state index in [1.54, 1.807) is 0 Å². The van der Waals surface area contributed by atoms with Crippen molar-refractivity contribution >= 4 is 23.3 Å². The third-order valence-electron chi connectivity index (χ3n) is 11.0. The molecule has 2 saturated heterocycles. The van der Waals surface area contributed by atoms with Gasteiger partial charge in [-0.3, -0.25) is 14.8 Å². The lowest BCUT2D eigenvalue weighted by Gasteiger charge is -2.41. The second kappa shape index (κ2) is 14.9. The second-order valence-corrected chi connectivity index (χ2v) is 17.1. The van der Waals surface area contributed by atoms with Crippen LogP contribution in [0.15, 0.2) is 36.4 Å². The number of halogens is 1. The number of carbonyl (C=O) groups is 1. The van der Waals surface area contributed by atoms with Crippen LogP contribution in [0.25, 0.3) is 11.1 Å². The number of benzene rings is 2. The van der Waals surface area contributed by atoms with Gasteiger partial charge in [-0.2, -0.15) is 0 Å². The fourth-order valence-electron chi connectivity index (χ4n) is 8.06. The summed E-state index contributed by atoms with van der Waals surface area (Å²) in [4.78, 5) is 25.9. The molecule has 3 aliphatic rings. The van der Waals surface area contributed by atoms with Crippen molar-refractivity contribution in [3.8, 4) is 11.1 Å². The standard InChI is InChI=1S/C42H57ClN4O3/c1-28-12-11-13-34(43)33(28)26-46-21-16-30-24-31(14-15-32(30)25-46)37-35(27-45-19-9-8-10-20-45)44-29(2)36(39(40(48)49)50-41(3,4)5)38(37)47-22-17-42(6,7)18-23-47/h11-15,24,39H,8-10,16-23,25-27H2,1-7H3,(H,48,49)/t39-/m0/s1. The molecule has 1 N–H and O–H groups in total. The van der Waals surface area contributed by atoms with Crippen molar-refractivity contribution in [1.82, 2.24) is 14.8 Å². The van der Waals surface area contributed by atoms with Crippen LogP contribution >= 0.6 is 11.6 Å². The maximum Gasteiger partial charge on any atom is 0.337 e. The number of likely N-dealkylation sites (tertiary alicyclic amines) is 1. The summed E-state index contributed by atoms with van der Waals surface area (Å²) in [5.41, 5.74) is 10.4. The average molecular weight is 701 g/mol. The highest BCUT2D eigenvalue weighted by atomic mass is 35.5. The van der Waals surface area contributed by atoms with Gasteiger partial charge < -0.3 is 14.7 Å². The van der Waals surface area contributed by atoms with Crippen LogP contribution < -0.4 is 4.90 Å². The highest BCUT2D eigenvalue weighted by Crippen LogP contribution is 2.46. The van der Waals surface area contributed by atoms with Crippen LogP contribution in [0.1, 0.15) is 112 Å². The zero-order valence-electron chi connectivity index (χ0n) is 31.4. The Balaban J connectivity index is 1.47. The van der Waals surface area contributed by atoms with Crippen molar-refractivity contribution in [2.24, 2.45) is 5.41 Å². The predicted molar refractivity (Wildman–Crippen MR) is 204 cm³/mol. The fraction of sp³-hybridized carbons (Fsp3) is 0.571. The van der Waals surface area contributed by atoms with Gasteiger partial charge in [-0.1, -0.05) is 62.2 Å². The zero-order chi connectivity index (χ0) is 35.8. The number of rotatable bonds is 9. The molecule has 0 amide bonds. The minimum absolute atomic E-state index is 0.240. The molecule has 0 aliphatic carbocycles. The first-order chi connectivity index (χ1) is 23.7. The minimum atomic E-state index is -1.13. The van der Waals surface area contributed by atoms with E-state index in [0.717, 1.165) is 105 Å². The van der Waals surface area contributed by atoms with Crippen LogP contribution in [0.3, 0.4) is 0 Å². The van der Waals surface area contributed by atoms with E-state index in [9.17, 15) is 9.90 Å². The van der Waals surface area contributed by atoms with Gasteiger partial charge in [0, 0.05) is 61.1 Å². The highest BCUT2D eigenvalue weighted by Gasteiger charge is 2.37. The number of aryl methyl sites for hydroxylation is 2. The number of ether oxygens (including phenoxy) is 1. The van der Waals surface area contributed by atoms with Crippen LogP contribution in [0.2, 0.25) is 5.02 Å². The molecule has 2 aromatic carbocycles. The molecule has 270 valence electrons. The van der Waals surface area contributed by atoms with E-state index >= 15 is 0 Å². The fourth-order valence-corrected chi connectivity index (χ4v) is 8.35. The van der Waals surface area contributed by atoms with Gasteiger partial charge in [0.15, 0.2) is 6.10 Å². The topological polar surface area (TPSA) is 69.1 Å². The maximum atomic E-state index is 13.1. The van der Waals surface area contributed by atoms with E-state index in [1.807, 2.05) is 39.8 Å². The molecule has 0 spiro atoms. The molecule has 7 nitrogen and oxygen atoms in total. The number of piperidine rings is 2. The summed E-state index contributed by atoms with van der Waals surface area (Å²) in [6, 6.07) is 13.1. The van der Waals surface area contributed by atoms with Crippen molar-refractivity contribution in [3.05, 3.63) is 80.6 Å². The molecule has 0 saturated carbocycles. The Bertz CT molecular complexity index is 1680. The lowest BCUT2D eigenvalue weighted by molar-refractivity contribution is -0.160. The molecule has 8 heteroatoms. The molecule has 1 aromatic heterocycles. The van der Waals surface area contributed by atoms with Gasteiger partial charge in [-0.15, -0.1) is 0 Å². The Kier molecular flexibility index (Phi) is 11.0. The lowest BCUT2D eigenvalue weighted by atomic mass is 9.81. The molecule has 6 rings (SSSR count). The van der Waals surface area contributed by atoms with E-state index in [-0.39, 0.29) is 5.41 Å². The number of aromatic nitrogens is 1. The third kappa shape index (κ3) is 8.39. The van der Waals surface area contributed by atoms with E-state index in [2.05, 4.69) is 59.7 Å². The number of pyridine rings is 1. The van der Waals surface area contributed by atoms with Gasteiger partial charge in [0.2, 0.25) is 0 Å². The number of fused-ring (bicyclic) bond motifs is 1. The maximum absolute atomic E-state index is 13.1. The molecule has 1 atom stereocenters. The van der Waals surface area contributed by atoms with Gasteiger partial charge in [0.25, 0.3) is 0 Å². The molecule has 3 aliphatic heterocycles. The van der Waals surface area contributed by atoms with Crippen molar-refractivity contribution in [3.63, 3.8) is 0 Å². The molecule has 2 fully saturated rings. The smallest absolute Gasteiger partial charge is 0.337 e. The quantitative estimate of drug-likeness (QED) is 0.239. The van der Waals surface area contributed by atoms with E-state index in [4.69, 9.17) is 21.3 Å². The van der Waals surface area contributed by atoms with Crippen LogP contribution in [0, 0.1) is 19.3 Å². The van der Waals surface area contributed by atoms with Crippen molar-refractivity contribution < 1.29 is 14.6 Å².